The minimum Gasteiger partial charge on any atom is -0.475 e. The molecule has 0 bridgehead atoms. The van der Waals surface area contributed by atoms with E-state index in [0.717, 1.165) is 5.56 Å². The molecule has 0 fully saturated rings. The molecule has 0 aromatic heterocycles. The lowest BCUT2D eigenvalue weighted by Gasteiger charge is -2.11. The number of carbonyl (C=O) groups excluding carboxylic acids is 2. The minimum absolute atomic E-state index is 0.0290. The molecular formula is C18H16N2O3. The van der Waals surface area contributed by atoms with Gasteiger partial charge >= 0.3 is 0 Å². The maximum atomic E-state index is 12.4. The highest BCUT2D eigenvalue weighted by molar-refractivity contribution is 6.09. The zero-order valence-electron chi connectivity index (χ0n) is 12.7. The van der Waals surface area contributed by atoms with E-state index in [1.807, 2.05) is 18.2 Å². The molecule has 23 heavy (non-hydrogen) atoms. The molecular weight excluding hydrogens is 292 g/mol. The van der Waals surface area contributed by atoms with Crippen molar-refractivity contribution in [3.05, 3.63) is 65.2 Å². The smallest absolute Gasteiger partial charge is 0.255 e. The number of hydrogen-bond donors (Lipinski definition) is 1. The van der Waals surface area contributed by atoms with Crippen molar-refractivity contribution in [2.45, 2.75) is 6.92 Å². The molecule has 0 unspecified atom stereocenters. The van der Waals surface area contributed by atoms with Crippen LogP contribution in [0.4, 0.5) is 5.69 Å². The van der Waals surface area contributed by atoms with Gasteiger partial charge in [0.05, 0.1) is 17.8 Å². The van der Waals surface area contributed by atoms with Crippen molar-refractivity contribution in [2.24, 2.45) is 4.99 Å². The Labute approximate surface area is 134 Å². The maximum absolute atomic E-state index is 12.4. The predicted molar refractivity (Wildman–Crippen MR) is 88.2 cm³/mol. The number of anilines is 1. The summed E-state index contributed by atoms with van der Waals surface area (Å²) in [5, 5.41) is 2.87. The fraction of sp³-hybridized carbons (Fsp3) is 0.167. The minimum atomic E-state index is -0.244. The van der Waals surface area contributed by atoms with Crippen LogP contribution in [0.15, 0.2) is 53.5 Å². The summed E-state index contributed by atoms with van der Waals surface area (Å²) >= 11 is 0. The molecule has 1 aliphatic heterocycles. The van der Waals surface area contributed by atoms with Gasteiger partial charge in [0.15, 0.2) is 5.78 Å². The van der Waals surface area contributed by atoms with Crippen LogP contribution >= 0.6 is 0 Å². The normalized spacial score (nSPS) is 13.2. The van der Waals surface area contributed by atoms with Crippen molar-refractivity contribution in [2.75, 3.05) is 18.5 Å². The van der Waals surface area contributed by atoms with Gasteiger partial charge in [-0.25, -0.2) is 4.99 Å². The first-order chi connectivity index (χ1) is 11.1. The molecule has 5 nitrogen and oxygen atoms in total. The van der Waals surface area contributed by atoms with Gasteiger partial charge in [0, 0.05) is 11.1 Å². The third-order valence-electron chi connectivity index (χ3n) is 3.54. The highest BCUT2D eigenvalue weighted by Gasteiger charge is 2.16. The van der Waals surface area contributed by atoms with E-state index in [-0.39, 0.29) is 11.7 Å². The summed E-state index contributed by atoms with van der Waals surface area (Å²) in [7, 11) is 0. The first-order valence-corrected chi connectivity index (χ1v) is 7.34. The molecule has 1 heterocycles. The van der Waals surface area contributed by atoms with Crippen molar-refractivity contribution in [3.8, 4) is 0 Å². The van der Waals surface area contributed by atoms with Crippen LogP contribution in [0.3, 0.4) is 0 Å². The quantitative estimate of drug-likeness (QED) is 0.883. The van der Waals surface area contributed by atoms with E-state index in [1.54, 1.807) is 30.3 Å². The van der Waals surface area contributed by atoms with E-state index in [2.05, 4.69) is 10.3 Å². The van der Waals surface area contributed by atoms with E-state index in [9.17, 15) is 9.59 Å². The Morgan fingerprint density at radius 2 is 1.74 bits per heavy atom. The van der Waals surface area contributed by atoms with E-state index in [4.69, 9.17) is 4.74 Å². The summed E-state index contributed by atoms with van der Waals surface area (Å²) in [6.07, 6.45) is 0. The Morgan fingerprint density at radius 1 is 1.04 bits per heavy atom. The van der Waals surface area contributed by atoms with Crippen LogP contribution in [-0.4, -0.2) is 30.7 Å². The first-order valence-electron chi connectivity index (χ1n) is 7.34. The topological polar surface area (TPSA) is 67.8 Å². The summed E-state index contributed by atoms with van der Waals surface area (Å²) in [4.78, 5) is 28.0. The van der Waals surface area contributed by atoms with Crippen molar-refractivity contribution < 1.29 is 14.3 Å². The van der Waals surface area contributed by atoms with Crippen LogP contribution in [-0.2, 0) is 4.74 Å². The number of aliphatic imine (C=N–C) groups is 1. The zero-order chi connectivity index (χ0) is 16.2. The van der Waals surface area contributed by atoms with E-state index >= 15 is 0 Å². The standard InChI is InChI=1S/C18H16N2O3/c1-12(21)13-6-8-14(9-7-13)17(22)20-16-5-3-2-4-15(16)18-19-10-11-23-18/h2-9H,10-11H2,1H3,(H,20,22). The number of para-hydroxylation sites is 1. The van der Waals surface area contributed by atoms with Crippen LogP contribution in [0.1, 0.15) is 33.2 Å². The van der Waals surface area contributed by atoms with Gasteiger partial charge in [0.1, 0.15) is 6.61 Å². The summed E-state index contributed by atoms with van der Waals surface area (Å²) in [6, 6.07) is 13.9. The van der Waals surface area contributed by atoms with Crippen LogP contribution in [0.2, 0.25) is 0 Å². The van der Waals surface area contributed by atoms with Gasteiger partial charge in [-0.3, -0.25) is 9.59 Å². The molecule has 0 atom stereocenters. The van der Waals surface area contributed by atoms with Crippen molar-refractivity contribution in [1.29, 1.82) is 0 Å². The molecule has 2 aromatic carbocycles. The molecule has 0 radical (unpaired) electrons. The Hall–Kier alpha value is -2.95. The molecule has 2 aromatic rings. The van der Waals surface area contributed by atoms with Gasteiger partial charge in [-0.1, -0.05) is 24.3 Å². The van der Waals surface area contributed by atoms with Crippen LogP contribution in [0.25, 0.3) is 0 Å². The van der Waals surface area contributed by atoms with Gasteiger partial charge < -0.3 is 10.1 Å². The Morgan fingerprint density at radius 3 is 2.39 bits per heavy atom. The van der Waals surface area contributed by atoms with Crippen molar-refractivity contribution in [1.82, 2.24) is 0 Å². The third kappa shape index (κ3) is 3.29. The molecule has 0 aliphatic carbocycles. The van der Waals surface area contributed by atoms with E-state index < -0.39 is 0 Å². The fourth-order valence-corrected chi connectivity index (χ4v) is 2.33. The van der Waals surface area contributed by atoms with Gasteiger partial charge in [-0.15, -0.1) is 0 Å². The first kappa shape index (κ1) is 15.0. The lowest BCUT2D eigenvalue weighted by molar-refractivity contribution is 0.100. The number of benzene rings is 2. The average molecular weight is 308 g/mol. The highest BCUT2D eigenvalue weighted by atomic mass is 16.5. The van der Waals surface area contributed by atoms with Gasteiger partial charge in [0.2, 0.25) is 5.90 Å². The van der Waals surface area contributed by atoms with Gasteiger partial charge in [0.25, 0.3) is 5.91 Å². The van der Waals surface area contributed by atoms with Crippen molar-refractivity contribution in [3.63, 3.8) is 0 Å². The number of ketones is 1. The molecule has 5 heteroatoms. The molecule has 0 saturated carbocycles. The number of Topliss-reactive ketones (excluding diaryl/α,β-unsaturated/α-hetero) is 1. The van der Waals surface area contributed by atoms with Crippen LogP contribution in [0, 0.1) is 0 Å². The Balaban J connectivity index is 1.81. The second kappa shape index (κ2) is 6.44. The average Bonchev–Trinajstić information content (AvgIpc) is 3.09. The number of carbonyl (C=O) groups is 2. The summed E-state index contributed by atoms with van der Waals surface area (Å²) < 4.78 is 5.47. The van der Waals surface area contributed by atoms with Crippen LogP contribution in [0.5, 0.6) is 0 Å². The van der Waals surface area contributed by atoms with E-state index in [1.165, 1.54) is 6.92 Å². The number of amides is 1. The lowest BCUT2D eigenvalue weighted by atomic mass is 10.1. The number of hydrogen-bond acceptors (Lipinski definition) is 4. The predicted octanol–water partition coefficient (Wildman–Crippen LogP) is 2.92. The molecule has 0 saturated heterocycles. The zero-order valence-corrected chi connectivity index (χ0v) is 12.7. The Bertz CT molecular complexity index is 779. The second-order valence-electron chi connectivity index (χ2n) is 5.17. The van der Waals surface area contributed by atoms with Gasteiger partial charge in [-0.05, 0) is 31.2 Å². The lowest BCUT2D eigenvalue weighted by Crippen LogP contribution is -2.15. The number of nitrogens with zero attached hydrogens (tertiary/aromatic N) is 1. The molecule has 3 rings (SSSR count). The monoisotopic (exact) mass is 308 g/mol. The van der Waals surface area contributed by atoms with Crippen molar-refractivity contribution >= 4 is 23.3 Å². The Kier molecular flexibility index (Phi) is 4.19. The van der Waals surface area contributed by atoms with Gasteiger partial charge in [-0.2, -0.15) is 0 Å². The summed E-state index contributed by atoms with van der Waals surface area (Å²) in [6.45, 7) is 2.68. The van der Waals surface area contributed by atoms with E-state index in [0.29, 0.717) is 35.9 Å². The molecule has 0 spiro atoms. The summed E-state index contributed by atoms with van der Waals surface area (Å²) in [5.74, 6) is 0.276. The fourth-order valence-electron chi connectivity index (χ4n) is 2.33. The number of ether oxygens (including phenoxy) is 1. The molecule has 116 valence electrons. The molecule has 1 N–H and O–H groups in total. The largest absolute Gasteiger partial charge is 0.475 e. The second-order valence-corrected chi connectivity index (χ2v) is 5.17. The summed E-state index contributed by atoms with van der Waals surface area (Å²) in [5.41, 5.74) is 2.47. The molecule has 1 amide bonds. The highest BCUT2D eigenvalue weighted by Crippen LogP contribution is 2.19. The van der Waals surface area contributed by atoms with Crippen LogP contribution < -0.4 is 5.32 Å². The molecule has 1 aliphatic rings. The number of rotatable bonds is 4. The SMILES string of the molecule is CC(=O)c1ccc(C(=O)Nc2ccccc2C2=NCCO2)cc1. The third-order valence-corrected chi connectivity index (χ3v) is 3.54. The number of nitrogens with one attached hydrogen (secondary N) is 1. The maximum Gasteiger partial charge on any atom is 0.255 e.